The van der Waals surface area contributed by atoms with Crippen LogP contribution >= 0.6 is 0 Å². The number of aryl methyl sites for hydroxylation is 2. The van der Waals surface area contributed by atoms with Crippen molar-refractivity contribution in [3.8, 4) is 11.4 Å². The van der Waals surface area contributed by atoms with Gasteiger partial charge in [0, 0.05) is 36.4 Å². The van der Waals surface area contributed by atoms with Gasteiger partial charge in [-0.3, -0.25) is 19.3 Å². The number of hydrogen-bond acceptors (Lipinski definition) is 8. The maximum absolute atomic E-state index is 13.3. The SMILES string of the molecule is CCN1CCCC(Oc2cccc(Nc3ncc4c(=O)c(C(=O)NOC)cn(-c5ccc6c(c5)CCC6)c4n3)c2)C1. The number of pyridine rings is 1. The number of likely N-dealkylation sites (tertiary alicyclic amines) is 1. The highest BCUT2D eigenvalue weighted by atomic mass is 16.6. The second-order valence-electron chi connectivity index (χ2n) is 10.5. The summed E-state index contributed by atoms with van der Waals surface area (Å²) in [6.45, 7) is 5.24. The highest BCUT2D eigenvalue weighted by molar-refractivity contribution is 5.96. The molecule has 41 heavy (non-hydrogen) atoms. The van der Waals surface area contributed by atoms with E-state index in [1.165, 1.54) is 30.6 Å². The molecule has 1 fully saturated rings. The van der Waals surface area contributed by atoms with E-state index in [1.54, 1.807) is 4.57 Å². The van der Waals surface area contributed by atoms with Gasteiger partial charge in [0.15, 0.2) is 5.65 Å². The fourth-order valence-electron chi connectivity index (χ4n) is 5.75. The van der Waals surface area contributed by atoms with E-state index in [1.807, 2.05) is 30.3 Å². The van der Waals surface area contributed by atoms with Crippen LogP contribution in [0.15, 0.2) is 59.7 Å². The zero-order valence-electron chi connectivity index (χ0n) is 23.4. The molecule has 0 bridgehead atoms. The Hall–Kier alpha value is -4.28. The van der Waals surface area contributed by atoms with Crippen LogP contribution in [-0.4, -0.2) is 58.2 Å². The number of ether oxygens (including phenoxy) is 1. The van der Waals surface area contributed by atoms with Crippen molar-refractivity contribution in [1.29, 1.82) is 0 Å². The molecule has 1 aliphatic carbocycles. The first-order valence-corrected chi connectivity index (χ1v) is 14.2. The van der Waals surface area contributed by atoms with Crippen LogP contribution in [-0.2, 0) is 17.7 Å². The number of rotatable bonds is 8. The Morgan fingerprint density at radius 1 is 1.12 bits per heavy atom. The van der Waals surface area contributed by atoms with Crippen molar-refractivity contribution in [2.24, 2.45) is 0 Å². The normalized spacial score (nSPS) is 16.9. The van der Waals surface area contributed by atoms with Gasteiger partial charge in [0.1, 0.15) is 17.4 Å². The number of hydrogen-bond donors (Lipinski definition) is 2. The minimum absolute atomic E-state index is 0.0571. The molecule has 0 saturated carbocycles. The third-order valence-corrected chi connectivity index (χ3v) is 7.85. The molecule has 1 amide bonds. The van der Waals surface area contributed by atoms with Crippen molar-refractivity contribution < 1.29 is 14.4 Å². The van der Waals surface area contributed by atoms with Gasteiger partial charge in [0.2, 0.25) is 11.4 Å². The number of carbonyl (C=O) groups is 1. The molecule has 1 saturated heterocycles. The standard InChI is InChI=1S/C31H34N6O4/c1-3-36-14-6-11-25(18-36)41-24-10-5-9-22(16-24)33-31-32-17-26-28(38)27(30(39)35-40-2)19-37(29(26)34-31)23-13-12-20-7-4-8-21(20)15-23/h5,9-10,12-13,15-17,19,25H,3-4,6-8,11,14,18H2,1-2H3,(H,35,39)(H,32,33,34). The fraction of sp³-hybridized carbons (Fsp3) is 0.355. The summed E-state index contributed by atoms with van der Waals surface area (Å²) in [5.41, 5.74) is 6.30. The van der Waals surface area contributed by atoms with E-state index in [2.05, 4.69) is 39.7 Å². The molecule has 1 aliphatic heterocycles. The van der Waals surface area contributed by atoms with Crippen LogP contribution in [0.1, 0.15) is 47.7 Å². The first kappa shape index (κ1) is 26.9. The Morgan fingerprint density at radius 2 is 2.00 bits per heavy atom. The number of benzene rings is 2. The van der Waals surface area contributed by atoms with Gasteiger partial charge in [-0.15, -0.1) is 0 Å². The minimum Gasteiger partial charge on any atom is -0.489 e. The predicted molar refractivity (Wildman–Crippen MR) is 157 cm³/mol. The van der Waals surface area contributed by atoms with Crippen LogP contribution < -0.4 is 21.0 Å². The molecular formula is C31H34N6O4. The van der Waals surface area contributed by atoms with Gasteiger partial charge in [-0.05, 0) is 80.6 Å². The lowest BCUT2D eigenvalue weighted by atomic mass is 10.1. The fourth-order valence-corrected chi connectivity index (χ4v) is 5.75. The number of anilines is 2. The summed E-state index contributed by atoms with van der Waals surface area (Å²) in [6.07, 6.45) is 8.46. The van der Waals surface area contributed by atoms with Crippen LogP contribution in [0.2, 0.25) is 0 Å². The lowest BCUT2D eigenvalue weighted by Crippen LogP contribution is -2.40. The quantitative estimate of drug-likeness (QED) is 0.313. The maximum atomic E-state index is 13.3. The molecule has 3 heterocycles. The molecule has 4 aromatic rings. The Bertz CT molecular complexity index is 1650. The van der Waals surface area contributed by atoms with Crippen molar-refractivity contribution in [3.63, 3.8) is 0 Å². The summed E-state index contributed by atoms with van der Waals surface area (Å²) in [4.78, 5) is 42.4. The summed E-state index contributed by atoms with van der Waals surface area (Å²) in [7, 11) is 1.33. The monoisotopic (exact) mass is 554 g/mol. The molecule has 10 heteroatoms. The van der Waals surface area contributed by atoms with Gasteiger partial charge >= 0.3 is 0 Å². The van der Waals surface area contributed by atoms with E-state index in [0.29, 0.717) is 11.6 Å². The number of likely N-dealkylation sites (N-methyl/N-ethyl adjacent to an activating group) is 1. The number of fused-ring (bicyclic) bond motifs is 2. The lowest BCUT2D eigenvalue weighted by molar-refractivity contribution is 0.0536. The molecule has 1 atom stereocenters. The number of aromatic nitrogens is 3. The molecule has 6 rings (SSSR count). The van der Waals surface area contributed by atoms with Crippen LogP contribution in [0.25, 0.3) is 16.7 Å². The molecule has 2 aliphatic rings. The van der Waals surface area contributed by atoms with E-state index in [-0.39, 0.29) is 17.1 Å². The lowest BCUT2D eigenvalue weighted by Gasteiger charge is -2.32. The Morgan fingerprint density at radius 3 is 2.85 bits per heavy atom. The Kier molecular flexibility index (Phi) is 7.67. The topological polar surface area (TPSA) is 111 Å². The van der Waals surface area contributed by atoms with E-state index in [0.717, 1.165) is 68.9 Å². The van der Waals surface area contributed by atoms with Gasteiger partial charge in [-0.2, -0.15) is 4.98 Å². The van der Waals surface area contributed by atoms with E-state index >= 15 is 0 Å². The Balaban J connectivity index is 1.35. The molecule has 0 spiro atoms. The van der Waals surface area contributed by atoms with Crippen molar-refractivity contribution in [1.82, 2.24) is 24.9 Å². The molecule has 0 radical (unpaired) electrons. The van der Waals surface area contributed by atoms with Crippen LogP contribution in [0.5, 0.6) is 5.75 Å². The second kappa shape index (κ2) is 11.7. The molecule has 1 unspecified atom stereocenters. The maximum Gasteiger partial charge on any atom is 0.280 e. The highest BCUT2D eigenvalue weighted by Crippen LogP contribution is 2.27. The summed E-state index contributed by atoms with van der Waals surface area (Å²) in [5.74, 6) is 0.476. The summed E-state index contributed by atoms with van der Waals surface area (Å²) >= 11 is 0. The molecule has 10 nitrogen and oxygen atoms in total. The Labute approximate surface area is 238 Å². The van der Waals surface area contributed by atoms with Crippen LogP contribution in [0, 0.1) is 0 Å². The highest BCUT2D eigenvalue weighted by Gasteiger charge is 2.21. The van der Waals surface area contributed by atoms with Gasteiger partial charge in [0.25, 0.3) is 5.91 Å². The second-order valence-corrected chi connectivity index (χ2v) is 10.5. The summed E-state index contributed by atoms with van der Waals surface area (Å²) in [6, 6.07) is 13.9. The van der Waals surface area contributed by atoms with Crippen molar-refractivity contribution in [2.75, 3.05) is 32.1 Å². The van der Waals surface area contributed by atoms with E-state index < -0.39 is 11.3 Å². The van der Waals surface area contributed by atoms with E-state index in [4.69, 9.17) is 14.6 Å². The average molecular weight is 555 g/mol. The van der Waals surface area contributed by atoms with Gasteiger partial charge in [-0.25, -0.2) is 10.5 Å². The minimum atomic E-state index is -0.631. The van der Waals surface area contributed by atoms with E-state index in [9.17, 15) is 9.59 Å². The first-order chi connectivity index (χ1) is 20.0. The predicted octanol–water partition coefficient (Wildman–Crippen LogP) is 4.17. The largest absolute Gasteiger partial charge is 0.489 e. The van der Waals surface area contributed by atoms with Crippen LogP contribution in [0.3, 0.4) is 0 Å². The smallest absolute Gasteiger partial charge is 0.280 e. The van der Waals surface area contributed by atoms with Crippen LogP contribution in [0.4, 0.5) is 11.6 Å². The van der Waals surface area contributed by atoms with Gasteiger partial charge in [0.05, 0.1) is 12.5 Å². The molecule has 2 aromatic carbocycles. The number of nitrogens with zero attached hydrogens (tertiary/aromatic N) is 4. The number of nitrogens with one attached hydrogen (secondary N) is 2. The molecule has 2 N–H and O–H groups in total. The zero-order chi connectivity index (χ0) is 28.3. The summed E-state index contributed by atoms with van der Waals surface area (Å²) in [5, 5.41) is 3.50. The van der Waals surface area contributed by atoms with Gasteiger partial charge < -0.3 is 14.6 Å². The number of piperidine rings is 1. The number of carbonyl (C=O) groups excluding carboxylic acids is 1. The van der Waals surface area contributed by atoms with Gasteiger partial charge in [-0.1, -0.05) is 19.1 Å². The zero-order valence-corrected chi connectivity index (χ0v) is 23.4. The van der Waals surface area contributed by atoms with Crippen molar-refractivity contribution >= 4 is 28.6 Å². The third kappa shape index (κ3) is 5.66. The molecule has 2 aromatic heterocycles. The summed E-state index contributed by atoms with van der Waals surface area (Å²) < 4.78 is 8.08. The van der Waals surface area contributed by atoms with Crippen molar-refractivity contribution in [2.45, 2.75) is 45.1 Å². The third-order valence-electron chi connectivity index (χ3n) is 7.85. The number of hydroxylamine groups is 1. The average Bonchev–Trinajstić information content (AvgIpc) is 3.46. The number of amides is 1. The van der Waals surface area contributed by atoms with Crippen molar-refractivity contribution in [3.05, 3.63) is 81.8 Å². The molecule has 212 valence electrons. The first-order valence-electron chi connectivity index (χ1n) is 14.2. The molecular weight excluding hydrogens is 520 g/mol.